The summed E-state index contributed by atoms with van der Waals surface area (Å²) in [4.78, 5) is 12.0. The Balaban J connectivity index is 2.08. The van der Waals surface area contributed by atoms with Gasteiger partial charge in [-0.15, -0.1) is 0 Å². The third-order valence-electron chi connectivity index (χ3n) is 2.66. The van der Waals surface area contributed by atoms with Gasteiger partial charge in [-0.1, -0.05) is 23.2 Å². The van der Waals surface area contributed by atoms with Crippen molar-refractivity contribution in [3.05, 3.63) is 40.1 Å². The topological polar surface area (TPSA) is 82.7 Å². The minimum Gasteiger partial charge on any atom is -0.327 e. The van der Waals surface area contributed by atoms with Gasteiger partial charge in [-0.05, 0) is 32.0 Å². The zero-order chi connectivity index (χ0) is 14.8. The van der Waals surface area contributed by atoms with Crippen molar-refractivity contribution in [3.63, 3.8) is 0 Å². The summed E-state index contributed by atoms with van der Waals surface area (Å²) in [5.41, 5.74) is 0.375. The van der Waals surface area contributed by atoms with Gasteiger partial charge in [0.25, 0.3) is 0 Å². The number of carbonyl (C=O) groups excluding carboxylic acids is 1. The first kappa shape index (κ1) is 14.6. The molecular formula is C12H13Cl2N5O. The zero-order valence-corrected chi connectivity index (χ0v) is 12.4. The number of hydrogen-bond acceptors (Lipinski definition) is 3. The van der Waals surface area contributed by atoms with Crippen molar-refractivity contribution in [2.75, 3.05) is 5.32 Å². The van der Waals surface area contributed by atoms with E-state index in [-0.39, 0.29) is 0 Å². The number of aromatic nitrogens is 3. The molecule has 2 amide bonds. The number of urea groups is 1. The molecule has 0 unspecified atom stereocenters. The van der Waals surface area contributed by atoms with E-state index in [2.05, 4.69) is 26.0 Å². The van der Waals surface area contributed by atoms with Crippen LogP contribution in [0.5, 0.6) is 0 Å². The maximum atomic E-state index is 12.0. The minimum absolute atomic E-state index is 0.406. The Morgan fingerprint density at radius 1 is 1.35 bits per heavy atom. The molecular weight excluding hydrogens is 301 g/mol. The van der Waals surface area contributed by atoms with E-state index >= 15 is 0 Å². The quantitative estimate of drug-likeness (QED) is 0.814. The Labute approximate surface area is 125 Å². The summed E-state index contributed by atoms with van der Waals surface area (Å²) >= 11 is 11.8. The monoisotopic (exact) mass is 313 g/mol. The van der Waals surface area contributed by atoms with Gasteiger partial charge < -0.3 is 10.6 Å². The molecule has 0 bridgehead atoms. The lowest BCUT2D eigenvalue weighted by Crippen LogP contribution is -2.43. The molecule has 3 N–H and O–H groups in total. The van der Waals surface area contributed by atoms with Crippen LogP contribution in [0, 0.1) is 0 Å². The van der Waals surface area contributed by atoms with Crippen LogP contribution in [-0.4, -0.2) is 21.4 Å². The third kappa shape index (κ3) is 3.40. The molecule has 0 radical (unpaired) electrons. The average molecular weight is 314 g/mol. The molecule has 0 aliphatic carbocycles. The molecule has 1 aromatic heterocycles. The summed E-state index contributed by atoms with van der Waals surface area (Å²) in [5, 5.41) is 16.5. The first-order valence-corrected chi connectivity index (χ1v) is 6.54. The molecule has 0 aliphatic heterocycles. The van der Waals surface area contributed by atoms with E-state index in [9.17, 15) is 4.79 Å². The number of nitrogens with one attached hydrogen (secondary N) is 3. The second kappa shape index (κ2) is 5.68. The Morgan fingerprint density at radius 3 is 2.75 bits per heavy atom. The van der Waals surface area contributed by atoms with Gasteiger partial charge in [0.1, 0.15) is 5.69 Å². The van der Waals surface area contributed by atoms with Crippen LogP contribution in [0.1, 0.15) is 19.5 Å². The summed E-state index contributed by atoms with van der Waals surface area (Å²) in [7, 11) is 0. The highest BCUT2D eigenvalue weighted by atomic mass is 35.5. The fourth-order valence-corrected chi connectivity index (χ4v) is 1.93. The van der Waals surface area contributed by atoms with Crippen molar-refractivity contribution < 1.29 is 4.79 Å². The Hall–Kier alpha value is -1.79. The van der Waals surface area contributed by atoms with Crippen molar-refractivity contribution in [3.8, 4) is 0 Å². The predicted octanol–water partition coefficient (Wildman–Crippen LogP) is 3.17. The highest BCUT2D eigenvalue weighted by Crippen LogP contribution is 2.25. The third-order valence-corrected chi connectivity index (χ3v) is 3.22. The molecule has 0 atom stereocenters. The number of halogens is 2. The number of anilines is 1. The number of amides is 2. The van der Waals surface area contributed by atoms with Crippen LogP contribution in [0.15, 0.2) is 24.4 Å². The molecule has 1 aromatic carbocycles. The molecule has 6 nitrogen and oxygen atoms in total. The number of nitrogens with zero attached hydrogens (tertiary/aromatic N) is 2. The van der Waals surface area contributed by atoms with Gasteiger partial charge in [0.05, 0.1) is 22.4 Å². The van der Waals surface area contributed by atoms with Gasteiger partial charge in [0.15, 0.2) is 0 Å². The number of rotatable bonds is 3. The van der Waals surface area contributed by atoms with E-state index in [0.29, 0.717) is 21.4 Å². The first-order valence-electron chi connectivity index (χ1n) is 5.79. The highest BCUT2D eigenvalue weighted by molar-refractivity contribution is 6.35. The molecule has 1 heterocycles. The van der Waals surface area contributed by atoms with E-state index in [1.54, 1.807) is 24.4 Å². The molecule has 2 aromatic rings. The number of H-pyrrole nitrogens is 1. The molecule has 106 valence electrons. The van der Waals surface area contributed by atoms with Crippen LogP contribution in [0.3, 0.4) is 0 Å². The standard InChI is InChI=1S/C12H13Cl2N5O/c1-12(2,10-6-15-19-18-10)17-11(20)16-9-5-7(13)3-4-8(9)14/h3-6H,1-2H3,(H,15,18,19)(H2,16,17,20). The molecule has 0 saturated carbocycles. The Kier molecular flexibility index (Phi) is 4.15. The SMILES string of the molecule is CC(C)(NC(=O)Nc1cc(Cl)ccc1Cl)c1cn[nH]n1. The fraction of sp³-hybridized carbons (Fsp3) is 0.250. The van der Waals surface area contributed by atoms with E-state index in [4.69, 9.17) is 23.2 Å². The summed E-state index contributed by atoms with van der Waals surface area (Å²) in [5.74, 6) is 0. The maximum absolute atomic E-state index is 12.0. The number of aromatic amines is 1. The van der Waals surface area contributed by atoms with Gasteiger partial charge >= 0.3 is 6.03 Å². The average Bonchev–Trinajstić information content (AvgIpc) is 2.87. The van der Waals surface area contributed by atoms with Crippen LogP contribution in [0.4, 0.5) is 10.5 Å². The predicted molar refractivity (Wildman–Crippen MR) is 78.0 cm³/mol. The van der Waals surface area contributed by atoms with Gasteiger partial charge in [0.2, 0.25) is 0 Å². The summed E-state index contributed by atoms with van der Waals surface area (Å²) in [6.45, 7) is 3.62. The summed E-state index contributed by atoms with van der Waals surface area (Å²) in [6.07, 6.45) is 1.55. The van der Waals surface area contributed by atoms with E-state index in [1.165, 1.54) is 0 Å². The lowest BCUT2D eigenvalue weighted by molar-refractivity contribution is 0.241. The maximum Gasteiger partial charge on any atom is 0.320 e. The Morgan fingerprint density at radius 2 is 2.10 bits per heavy atom. The van der Waals surface area contributed by atoms with Crippen molar-refractivity contribution in [1.82, 2.24) is 20.7 Å². The van der Waals surface area contributed by atoms with Gasteiger partial charge in [0, 0.05) is 5.02 Å². The van der Waals surface area contributed by atoms with Gasteiger partial charge in [-0.3, -0.25) is 0 Å². The van der Waals surface area contributed by atoms with Crippen LogP contribution in [0.25, 0.3) is 0 Å². The molecule has 0 aliphatic rings. The second-order valence-corrected chi connectivity index (χ2v) is 5.53. The number of benzene rings is 1. The van der Waals surface area contributed by atoms with Crippen molar-refractivity contribution >= 4 is 34.9 Å². The normalized spacial score (nSPS) is 11.2. The van der Waals surface area contributed by atoms with Crippen LogP contribution in [-0.2, 0) is 5.54 Å². The molecule has 0 saturated heterocycles. The minimum atomic E-state index is -0.678. The molecule has 8 heteroatoms. The fourth-order valence-electron chi connectivity index (χ4n) is 1.60. The van der Waals surface area contributed by atoms with Crippen LogP contribution in [0.2, 0.25) is 10.0 Å². The second-order valence-electron chi connectivity index (χ2n) is 4.68. The van der Waals surface area contributed by atoms with Crippen molar-refractivity contribution in [2.45, 2.75) is 19.4 Å². The van der Waals surface area contributed by atoms with Gasteiger partial charge in [-0.2, -0.15) is 15.4 Å². The Bertz CT molecular complexity index is 612. The van der Waals surface area contributed by atoms with E-state index in [1.807, 2.05) is 13.8 Å². The van der Waals surface area contributed by atoms with Crippen LogP contribution >= 0.6 is 23.2 Å². The molecule has 20 heavy (non-hydrogen) atoms. The largest absolute Gasteiger partial charge is 0.327 e. The smallest absolute Gasteiger partial charge is 0.320 e. The van der Waals surface area contributed by atoms with Gasteiger partial charge in [-0.25, -0.2) is 4.79 Å². The first-order chi connectivity index (χ1) is 9.38. The molecule has 0 fully saturated rings. The summed E-state index contributed by atoms with van der Waals surface area (Å²) in [6, 6.07) is 4.42. The number of carbonyl (C=O) groups is 1. The van der Waals surface area contributed by atoms with Crippen LogP contribution < -0.4 is 10.6 Å². The van der Waals surface area contributed by atoms with E-state index in [0.717, 1.165) is 0 Å². The lowest BCUT2D eigenvalue weighted by Gasteiger charge is -2.23. The lowest BCUT2D eigenvalue weighted by atomic mass is 10.0. The summed E-state index contributed by atoms with van der Waals surface area (Å²) < 4.78 is 0. The van der Waals surface area contributed by atoms with Crippen molar-refractivity contribution in [2.24, 2.45) is 0 Å². The molecule has 0 spiro atoms. The zero-order valence-electron chi connectivity index (χ0n) is 10.9. The highest BCUT2D eigenvalue weighted by Gasteiger charge is 2.25. The molecule has 2 rings (SSSR count). The van der Waals surface area contributed by atoms with Crippen molar-refractivity contribution in [1.29, 1.82) is 0 Å². The van der Waals surface area contributed by atoms with E-state index < -0.39 is 11.6 Å². The number of hydrogen-bond donors (Lipinski definition) is 3.